The molecule has 0 spiro atoms. The van der Waals surface area contributed by atoms with Crippen LogP contribution in [0.25, 0.3) is 0 Å². The van der Waals surface area contributed by atoms with E-state index in [1.165, 1.54) is 13.0 Å². The van der Waals surface area contributed by atoms with Crippen molar-refractivity contribution in [3.05, 3.63) is 34.3 Å². The topological polar surface area (TPSA) is 43.1 Å². The summed E-state index contributed by atoms with van der Waals surface area (Å²) in [6, 6.07) is 4.60. The Morgan fingerprint density at radius 1 is 1.60 bits per heavy atom. The van der Waals surface area contributed by atoms with Gasteiger partial charge in [-0.05, 0) is 31.2 Å². The largest absolute Gasteiger partial charge is 0.330 e. The van der Waals surface area contributed by atoms with E-state index in [-0.39, 0.29) is 23.8 Å². The third-order valence-electron chi connectivity index (χ3n) is 2.12. The van der Waals surface area contributed by atoms with E-state index >= 15 is 0 Å². The number of rotatable bonds is 4. The van der Waals surface area contributed by atoms with Gasteiger partial charge in [-0.25, -0.2) is 4.39 Å². The number of ketones is 1. The molecule has 0 aliphatic carbocycles. The average molecular weight is 230 g/mol. The van der Waals surface area contributed by atoms with Crippen molar-refractivity contribution < 1.29 is 9.18 Å². The first-order chi connectivity index (χ1) is 7.06. The van der Waals surface area contributed by atoms with Crippen molar-refractivity contribution in [2.75, 3.05) is 6.54 Å². The lowest BCUT2D eigenvalue weighted by molar-refractivity contribution is 0.0985. The smallest absolute Gasteiger partial charge is 0.165 e. The number of hydrogen-bond donors (Lipinski definition) is 1. The first-order valence-corrected chi connectivity index (χ1v) is 5.11. The maximum atomic E-state index is 12.9. The average Bonchev–Trinajstić information content (AvgIpc) is 2.17. The van der Waals surface area contributed by atoms with Gasteiger partial charge in [0, 0.05) is 12.0 Å². The molecule has 1 aromatic carbocycles. The van der Waals surface area contributed by atoms with Gasteiger partial charge in [0.2, 0.25) is 0 Å². The SMILES string of the molecule is CC(F)c1ccc(C(=O)CCN)c(Cl)c1. The van der Waals surface area contributed by atoms with Gasteiger partial charge in [0.05, 0.1) is 5.02 Å². The molecule has 0 bridgehead atoms. The predicted octanol–water partition coefficient (Wildman–Crippen LogP) is 2.90. The number of benzene rings is 1. The van der Waals surface area contributed by atoms with E-state index < -0.39 is 6.17 Å². The highest BCUT2D eigenvalue weighted by atomic mass is 35.5. The molecule has 0 fully saturated rings. The van der Waals surface area contributed by atoms with Crippen molar-refractivity contribution in [3.63, 3.8) is 0 Å². The maximum absolute atomic E-state index is 12.9. The highest BCUT2D eigenvalue weighted by Gasteiger charge is 2.11. The number of carbonyl (C=O) groups excluding carboxylic acids is 1. The molecule has 1 rings (SSSR count). The summed E-state index contributed by atoms with van der Waals surface area (Å²) in [4.78, 5) is 11.5. The summed E-state index contributed by atoms with van der Waals surface area (Å²) in [7, 11) is 0. The molecule has 0 aliphatic heterocycles. The lowest BCUT2D eigenvalue weighted by Crippen LogP contribution is -2.08. The Morgan fingerprint density at radius 2 is 2.27 bits per heavy atom. The summed E-state index contributed by atoms with van der Waals surface area (Å²) < 4.78 is 12.9. The molecule has 1 unspecified atom stereocenters. The monoisotopic (exact) mass is 229 g/mol. The first kappa shape index (κ1) is 12.1. The van der Waals surface area contributed by atoms with Crippen LogP contribution in [0.2, 0.25) is 5.02 Å². The number of carbonyl (C=O) groups is 1. The van der Waals surface area contributed by atoms with Gasteiger partial charge >= 0.3 is 0 Å². The zero-order chi connectivity index (χ0) is 11.4. The van der Waals surface area contributed by atoms with Crippen molar-refractivity contribution in [2.45, 2.75) is 19.5 Å². The van der Waals surface area contributed by atoms with Gasteiger partial charge in [0.1, 0.15) is 6.17 Å². The Kier molecular flexibility index (Phi) is 4.24. The molecule has 0 heterocycles. The Balaban J connectivity index is 2.98. The standard InChI is InChI=1S/C11H13ClFNO/c1-7(13)8-2-3-9(10(12)6-8)11(15)4-5-14/h2-3,6-7H,4-5,14H2,1H3. The molecule has 2 nitrogen and oxygen atoms in total. The zero-order valence-corrected chi connectivity index (χ0v) is 9.22. The summed E-state index contributed by atoms with van der Waals surface area (Å²) in [6.45, 7) is 1.71. The molecule has 4 heteroatoms. The summed E-state index contributed by atoms with van der Waals surface area (Å²) in [5, 5.41) is 0.287. The van der Waals surface area contributed by atoms with Crippen molar-refractivity contribution in [1.82, 2.24) is 0 Å². The van der Waals surface area contributed by atoms with Gasteiger partial charge in [-0.3, -0.25) is 4.79 Å². The molecular weight excluding hydrogens is 217 g/mol. The molecule has 0 aromatic heterocycles. The second-order valence-electron chi connectivity index (χ2n) is 3.32. The third-order valence-corrected chi connectivity index (χ3v) is 2.44. The van der Waals surface area contributed by atoms with Gasteiger partial charge in [-0.1, -0.05) is 17.7 Å². The van der Waals surface area contributed by atoms with Crippen LogP contribution in [-0.4, -0.2) is 12.3 Å². The predicted molar refractivity (Wildman–Crippen MR) is 59.0 cm³/mol. The number of halogens is 2. The molecular formula is C11H13ClFNO. The van der Waals surface area contributed by atoms with E-state index in [4.69, 9.17) is 17.3 Å². The fourth-order valence-electron chi connectivity index (χ4n) is 1.27. The minimum absolute atomic E-state index is 0.111. The van der Waals surface area contributed by atoms with Gasteiger partial charge in [-0.2, -0.15) is 0 Å². The molecule has 0 amide bonds. The number of hydrogen-bond acceptors (Lipinski definition) is 2. The Bertz CT molecular complexity index is 366. The normalized spacial score (nSPS) is 12.5. The van der Waals surface area contributed by atoms with Crippen LogP contribution in [0.5, 0.6) is 0 Å². The van der Waals surface area contributed by atoms with Crippen LogP contribution in [0.4, 0.5) is 4.39 Å². The summed E-state index contributed by atoms with van der Waals surface area (Å²) in [6.07, 6.45) is -0.828. The van der Waals surface area contributed by atoms with Crippen LogP contribution in [0, 0.1) is 0 Å². The quantitative estimate of drug-likeness (QED) is 0.807. The molecule has 15 heavy (non-hydrogen) atoms. The molecule has 0 radical (unpaired) electrons. The Morgan fingerprint density at radius 3 is 2.73 bits per heavy atom. The zero-order valence-electron chi connectivity index (χ0n) is 8.47. The number of alkyl halides is 1. The minimum atomic E-state index is -1.08. The van der Waals surface area contributed by atoms with Gasteiger partial charge in [0.15, 0.2) is 5.78 Å². The van der Waals surface area contributed by atoms with E-state index in [0.29, 0.717) is 11.1 Å². The van der Waals surface area contributed by atoms with E-state index in [1.807, 2.05) is 0 Å². The molecule has 0 saturated carbocycles. The van der Waals surface area contributed by atoms with Crippen molar-refractivity contribution >= 4 is 17.4 Å². The molecule has 1 aromatic rings. The summed E-state index contributed by atoms with van der Waals surface area (Å²) >= 11 is 5.88. The van der Waals surface area contributed by atoms with Crippen LogP contribution < -0.4 is 5.73 Å². The molecule has 2 N–H and O–H groups in total. The summed E-state index contributed by atoms with van der Waals surface area (Å²) in [5.74, 6) is -0.111. The number of Topliss-reactive ketones (excluding diaryl/α,β-unsaturated/α-hetero) is 1. The molecule has 82 valence electrons. The Hall–Kier alpha value is -0.930. The first-order valence-electron chi connectivity index (χ1n) is 4.73. The van der Waals surface area contributed by atoms with E-state index in [0.717, 1.165) is 0 Å². The summed E-state index contributed by atoms with van der Waals surface area (Å²) in [5.41, 5.74) is 6.16. The lowest BCUT2D eigenvalue weighted by Gasteiger charge is -2.06. The van der Waals surface area contributed by atoms with Crippen LogP contribution >= 0.6 is 11.6 Å². The maximum Gasteiger partial charge on any atom is 0.165 e. The highest BCUT2D eigenvalue weighted by Crippen LogP contribution is 2.24. The number of nitrogens with two attached hydrogens (primary N) is 1. The molecule has 1 atom stereocenters. The van der Waals surface area contributed by atoms with Crippen LogP contribution in [0.15, 0.2) is 18.2 Å². The van der Waals surface area contributed by atoms with Crippen LogP contribution in [0.3, 0.4) is 0 Å². The Labute approximate surface area is 93.2 Å². The fourth-order valence-corrected chi connectivity index (χ4v) is 1.57. The van der Waals surface area contributed by atoms with E-state index in [2.05, 4.69) is 0 Å². The van der Waals surface area contributed by atoms with Gasteiger partial charge < -0.3 is 5.73 Å². The minimum Gasteiger partial charge on any atom is -0.330 e. The lowest BCUT2D eigenvalue weighted by atomic mass is 10.0. The molecule has 0 aliphatic rings. The van der Waals surface area contributed by atoms with Crippen molar-refractivity contribution in [1.29, 1.82) is 0 Å². The van der Waals surface area contributed by atoms with Gasteiger partial charge in [-0.15, -0.1) is 0 Å². The second kappa shape index (κ2) is 5.24. The fraction of sp³-hybridized carbons (Fsp3) is 0.364. The molecule has 0 saturated heterocycles. The highest BCUT2D eigenvalue weighted by molar-refractivity contribution is 6.34. The second-order valence-corrected chi connectivity index (χ2v) is 3.72. The van der Waals surface area contributed by atoms with Crippen LogP contribution in [0.1, 0.15) is 35.4 Å². The van der Waals surface area contributed by atoms with Gasteiger partial charge in [0.25, 0.3) is 0 Å². The van der Waals surface area contributed by atoms with Crippen molar-refractivity contribution in [2.24, 2.45) is 5.73 Å². The van der Waals surface area contributed by atoms with E-state index in [9.17, 15) is 9.18 Å². The van der Waals surface area contributed by atoms with Crippen molar-refractivity contribution in [3.8, 4) is 0 Å². The third kappa shape index (κ3) is 3.01. The van der Waals surface area contributed by atoms with E-state index in [1.54, 1.807) is 12.1 Å². The van der Waals surface area contributed by atoms with Crippen LogP contribution in [-0.2, 0) is 0 Å².